The second-order valence-corrected chi connectivity index (χ2v) is 8.71. The Hall–Kier alpha value is -5.23. The Morgan fingerprint density at radius 3 is 2.43 bits per heavy atom. The van der Waals surface area contributed by atoms with Crippen LogP contribution in [0.25, 0.3) is 44.6 Å². The first-order chi connectivity index (χ1) is 18.3. The third-order valence-electron chi connectivity index (χ3n) is 6.39. The molecule has 176 valence electrons. The number of hydrogen-bond donors (Lipinski definition) is 0. The van der Waals surface area contributed by atoms with E-state index in [1.807, 2.05) is 90.0 Å². The Labute approximate surface area is 213 Å². The van der Waals surface area contributed by atoms with Gasteiger partial charge in [-0.3, -0.25) is 9.55 Å². The van der Waals surface area contributed by atoms with Crippen molar-refractivity contribution in [2.24, 2.45) is 0 Å². The van der Waals surface area contributed by atoms with Crippen molar-refractivity contribution in [2.45, 2.75) is 0 Å². The van der Waals surface area contributed by atoms with E-state index in [0.29, 0.717) is 0 Å². The smallest absolute Gasteiger partial charge is 0.137 e. The molecule has 7 rings (SSSR count). The van der Waals surface area contributed by atoms with Crippen molar-refractivity contribution in [1.82, 2.24) is 24.3 Å². The fraction of sp³-hybridized carbons (Fsp3) is 0. The van der Waals surface area contributed by atoms with E-state index in [1.165, 1.54) is 5.39 Å². The summed E-state index contributed by atoms with van der Waals surface area (Å²) in [4.78, 5) is 8.80. The van der Waals surface area contributed by atoms with Crippen molar-refractivity contribution in [3.05, 3.63) is 128 Å². The van der Waals surface area contributed by atoms with Crippen molar-refractivity contribution < 1.29 is 4.74 Å². The molecule has 4 aromatic heterocycles. The molecule has 7 aromatic rings. The number of ether oxygens (including phenoxy) is 1. The molecule has 0 fully saturated rings. The molecule has 0 aliphatic rings. The van der Waals surface area contributed by atoms with Gasteiger partial charge in [0.1, 0.15) is 17.3 Å². The fourth-order valence-electron chi connectivity index (χ4n) is 4.71. The lowest BCUT2D eigenvalue weighted by Gasteiger charge is -2.10. The highest BCUT2D eigenvalue weighted by Crippen LogP contribution is 2.35. The molecule has 0 unspecified atom stereocenters. The van der Waals surface area contributed by atoms with E-state index in [2.05, 4.69) is 50.9 Å². The summed E-state index contributed by atoms with van der Waals surface area (Å²) in [5.41, 5.74) is 4.91. The van der Waals surface area contributed by atoms with Gasteiger partial charge in [0.15, 0.2) is 0 Å². The van der Waals surface area contributed by atoms with Gasteiger partial charge in [-0.25, -0.2) is 9.67 Å². The van der Waals surface area contributed by atoms with Crippen LogP contribution < -0.4 is 4.74 Å². The standard InChI is InChI=1S/C31H21N5O/c1-2-11-29-26(10-1)27-14-13-25(20-30(27)36(29)31-12-3-4-17-33-31)37-24-9-5-8-23(19-24)35-18-15-28(34-35)22-7-6-16-32-21-22/h1-21H. The summed E-state index contributed by atoms with van der Waals surface area (Å²) in [6.07, 6.45) is 7.33. The summed E-state index contributed by atoms with van der Waals surface area (Å²) >= 11 is 0. The highest BCUT2D eigenvalue weighted by atomic mass is 16.5. The van der Waals surface area contributed by atoms with Gasteiger partial charge >= 0.3 is 0 Å². The van der Waals surface area contributed by atoms with Crippen molar-refractivity contribution in [3.8, 4) is 34.3 Å². The molecular weight excluding hydrogens is 458 g/mol. The van der Waals surface area contributed by atoms with Crippen molar-refractivity contribution >= 4 is 21.8 Å². The first kappa shape index (κ1) is 21.1. The molecule has 6 heteroatoms. The maximum Gasteiger partial charge on any atom is 0.137 e. The van der Waals surface area contributed by atoms with Crippen LogP contribution in [-0.4, -0.2) is 24.3 Å². The summed E-state index contributed by atoms with van der Waals surface area (Å²) in [6, 6.07) is 34.3. The summed E-state index contributed by atoms with van der Waals surface area (Å²) in [5.74, 6) is 2.35. The Kier molecular flexibility index (Phi) is 5.00. The first-order valence-corrected chi connectivity index (χ1v) is 12.0. The maximum absolute atomic E-state index is 6.34. The summed E-state index contributed by atoms with van der Waals surface area (Å²) in [7, 11) is 0. The van der Waals surface area contributed by atoms with Gasteiger partial charge in [-0.1, -0.05) is 30.3 Å². The molecule has 6 nitrogen and oxygen atoms in total. The van der Waals surface area contributed by atoms with E-state index >= 15 is 0 Å². The maximum atomic E-state index is 6.34. The molecule has 0 bridgehead atoms. The minimum Gasteiger partial charge on any atom is -0.457 e. The van der Waals surface area contributed by atoms with Crippen LogP contribution in [0, 0.1) is 0 Å². The Morgan fingerprint density at radius 2 is 1.54 bits per heavy atom. The second kappa shape index (κ2) is 8.77. The molecule has 0 atom stereocenters. The largest absolute Gasteiger partial charge is 0.457 e. The average molecular weight is 480 g/mol. The summed E-state index contributed by atoms with van der Waals surface area (Å²) < 4.78 is 10.4. The number of pyridine rings is 2. The lowest BCUT2D eigenvalue weighted by atomic mass is 10.1. The van der Waals surface area contributed by atoms with Crippen LogP contribution in [-0.2, 0) is 0 Å². The van der Waals surface area contributed by atoms with Crippen molar-refractivity contribution in [2.75, 3.05) is 0 Å². The van der Waals surface area contributed by atoms with Gasteiger partial charge in [-0.15, -0.1) is 0 Å². The number of benzene rings is 3. The van der Waals surface area contributed by atoms with Gasteiger partial charge in [0, 0.05) is 53.3 Å². The van der Waals surface area contributed by atoms with E-state index in [4.69, 9.17) is 9.84 Å². The van der Waals surface area contributed by atoms with Crippen LogP contribution in [0.1, 0.15) is 0 Å². The van der Waals surface area contributed by atoms with Gasteiger partial charge in [0.25, 0.3) is 0 Å². The summed E-state index contributed by atoms with van der Waals surface area (Å²) in [6.45, 7) is 0. The number of para-hydroxylation sites is 1. The van der Waals surface area contributed by atoms with Crippen LogP contribution in [0.2, 0.25) is 0 Å². The van der Waals surface area contributed by atoms with E-state index in [9.17, 15) is 0 Å². The van der Waals surface area contributed by atoms with Gasteiger partial charge in [-0.05, 0) is 60.7 Å². The van der Waals surface area contributed by atoms with Crippen LogP contribution in [0.5, 0.6) is 11.5 Å². The number of fused-ring (bicyclic) bond motifs is 3. The average Bonchev–Trinajstić information content (AvgIpc) is 3.58. The van der Waals surface area contributed by atoms with Crippen LogP contribution in [0.4, 0.5) is 0 Å². The topological polar surface area (TPSA) is 57.8 Å². The molecule has 0 amide bonds. The van der Waals surface area contributed by atoms with E-state index in [0.717, 1.165) is 50.7 Å². The van der Waals surface area contributed by atoms with Crippen molar-refractivity contribution in [3.63, 3.8) is 0 Å². The lowest BCUT2D eigenvalue weighted by Crippen LogP contribution is -1.97. The zero-order chi connectivity index (χ0) is 24.6. The SMILES string of the molecule is c1ccc(-n2c3ccccc3c3ccc(Oc4cccc(-n5ccc(-c6cccnc6)n5)c4)cc32)nc1. The zero-order valence-electron chi connectivity index (χ0n) is 19.8. The number of hydrogen-bond acceptors (Lipinski definition) is 4. The highest BCUT2D eigenvalue weighted by molar-refractivity contribution is 6.09. The Morgan fingerprint density at radius 1 is 0.649 bits per heavy atom. The van der Waals surface area contributed by atoms with E-state index in [1.54, 1.807) is 6.20 Å². The normalized spacial score (nSPS) is 11.2. The number of nitrogens with zero attached hydrogens (tertiary/aromatic N) is 5. The minimum absolute atomic E-state index is 0.732. The van der Waals surface area contributed by atoms with Gasteiger partial charge in [0.05, 0.1) is 22.4 Å². The summed E-state index contributed by atoms with van der Waals surface area (Å²) in [5, 5.41) is 7.05. The molecule has 0 saturated carbocycles. The molecule has 4 heterocycles. The quantitative estimate of drug-likeness (QED) is 0.262. The van der Waals surface area contributed by atoms with E-state index in [-0.39, 0.29) is 0 Å². The second-order valence-electron chi connectivity index (χ2n) is 8.71. The molecule has 0 saturated heterocycles. The zero-order valence-corrected chi connectivity index (χ0v) is 19.8. The van der Waals surface area contributed by atoms with Crippen LogP contribution >= 0.6 is 0 Å². The molecule has 3 aromatic carbocycles. The fourth-order valence-corrected chi connectivity index (χ4v) is 4.71. The number of rotatable bonds is 5. The Balaban J connectivity index is 1.26. The highest BCUT2D eigenvalue weighted by Gasteiger charge is 2.14. The number of aromatic nitrogens is 5. The van der Waals surface area contributed by atoms with Gasteiger partial charge in [0.2, 0.25) is 0 Å². The van der Waals surface area contributed by atoms with Gasteiger partial charge < -0.3 is 4.74 Å². The predicted molar refractivity (Wildman–Crippen MR) is 145 cm³/mol. The molecule has 0 spiro atoms. The molecule has 0 N–H and O–H groups in total. The van der Waals surface area contributed by atoms with Crippen LogP contribution in [0.3, 0.4) is 0 Å². The van der Waals surface area contributed by atoms with E-state index < -0.39 is 0 Å². The monoisotopic (exact) mass is 479 g/mol. The minimum atomic E-state index is 0.732. The Bertz CT molecular complexity index is 1860. The third-order valence-corrected chi connectivity index (χ3v) is 6.39. The first-order valence-electron chi connectivity index (χ1n) is 12.0. The predicted octanol–water partition coefficient (Wildman–Crippen LogP) is 7.22. The molecule has 0 aliphatic carbocycles. The third kappa shape index (κ3) is 3.81. The molecule has 37 heavy (non-hydrogen) atoms. The van der Waals surface area contributed by atoms with Crippen molar-refractivity contribution in [1.29, 1.82) is 0 Å². The van der Waals surface area contributed by atoms with Crippen LogP contribution in [0.15, 0.2) is 128 Å². The molecule has 0 aliphatic heterocycles. The van der Waals surface area contributed by atoms with Gasteiger partial charge in [-0.2, -0.15) is 5.10 Å². The molecular formula is C31H21N5O. The lowest BCUT2D eigenvalue weighted by molar-refractivity contribution is 0.483. The molecule has 0 radical (unpaired) electrons.